The topological polar surface area (TPSA) is 96.7 Å². The molecule has 3 unspecified atom stereocenters. The van der Waals surface area contributed by atoms with Gasteiger partial charge < -0.3 is 9.73 Å². The molecule has 2 saturated carbocycles. The molecular formula is C20H21N5O2. The maximum atomic E-state index is 12.5. The number of aryl methyl sites for hydroxylation is 1. The molecular weight excluding hydrogens is 342 g/mol. The maximum absolute atomic E-state index is 12.5. The summed E-state index contributed by atoms with van der Waals surface area (Å²) < 4.78 is 5.40. The molecule has 1 aromatic carbocycles. The number of carbonyl (C=O) groups excluding carboxylic acids is 1. The molecule has 2 heterocycles. The maximum Gasteiger partial charge on any atom is 0.256 e. The van der Waals surface area contributed by atoms with Crippen molar-refractivity contribution in [1.29, 1.82) is 0 Å². The van der Waals surface area contributed by atoms with E-state index in [-0.39, 0.29) is 5.91 Å². The summed E-state index contributed by atoms with van der Waals surface area (Å²) >= 11 is 0. The molecule has 7 heteroatoms. The van der Waals surface area contributed by atoms with Gasteiger partial charge in [-0.25, -0.2) is 0 Å². The Bertz CT molecular complexity index is 974. The number of amides is 1. The van der Waals surface area contributed by atoms with Crippen molar-refractivity contribution in [1.82, 2.24) is 20.4 Å². The lowest BCUT2D eigenvalue weighted by Crippen LogP contribution is -2.12. The number of anilines is 1. The minimum absolute atomic E-state index is 0.186. The fourth-order valence-electron chi connectivity index (χ4n) is 4.58. The summed E-state index contributed by atoms with van der Waals surface area (Å²) in [7, 11) is 0. The fourth-order valence-corrected chi connectivity index (χ4v) is 4.58. The van der Waals surface area contributed by atoms with Crippen LogP contribution in [0.1, 0.15) is 53.5 Å². The number of carbonyl (C=O) groups is 1. The van der Waals surface area contributed by atoms with E-state index in [1.54, 1.807) is 31.2 Å². The predicted octanol–water partition coefficient (Wildman–Crippen LogP) is 3.92. The summed E-state index contributed by atoms with van der Waals surface area (Å²) in [6.45, 7) is 1.74. The first kappa shape index (κ1) is 16.2. The lowest BCUT2D eigenvalue weighted by Gasteiger charge is -2.19. The fraction of sp³-hybridized carbons (Fsp3) is 0.400. The first-order valence-electron chi connectivity index (χ1n) is 9.43. The Labute approximate surface area is 156 Å². The first-order valence-corrected chi connectivity index (χ1v) is 9.43. The van der Waals surface area contributed by atoms with Crippen LogP contribution in [-0.2, 0) is 0 Å². The smallest absolute Gasteiger partial charge is 0.256 e. The minimum atomic E-state index is -0.186. The van der Waals surface area contributed by atoms with Crippen molar-refractivity contribution in [3.8, 4) is 11.5 Å². The second-order valence-electron chi connectivity index (χ2n) is 7.65. The second-order valence-corrected chi connectivity index (χ2v) is 7.65. The number of aromatic nitrogens is 4. The van der Waals surface area contributed by atoms with Gasteiger partial charge in [0.05, 0.1) is 0 Å². The van der Waals surface area contributed by atoms with Crippen LogP contribution >= 0.6 is 0 Å². The van der Waals surface area contributed by atoms with Crippen molar-refractivity contribution in [2.75, 3.05) is 5.32 Å². The standard InChI is InChI=1S/C20H21N5O2/c1-11-22-25-20(27-11)14-6-4-13(5-7-14)19(26)21-18-10-17(23-24-18)16-9-12-2-3-15(16)8-12/h4-7,10,12,15-16H,2-3,8-9H2,1H3,(H2,21,23,24,26). The summed E-state index contributed by atoms with van der Waals surface area (Å²) in [5.74, 6) is 3.57. The van der Waals surface area contributed by atoms with Crippen molar-refractivity contribution in [2.45, 2.75) is 38.5 Å². The molecule has 2 fully saturated rings. The zero-order valence-corrected chi connectivity index (χ0v) is 15.1. The molecule has 5 rings (SSSR count). The van der Waals surface area contributed by atoms with E-state index in [9.17, 15) is 4.79 Å². The molecule has 0 spiro atoms. The van der Waals surface area contributed by atoms with Gasteiger partial charge in [-0.3, -0.25) is 9.89 Å². The predicted molar refractivity (Wildman–Crippen MR) is 99.2 cm³/mol. The number of nitrogens with zero attached hydrogens (tertiary/aromatic N) is 3. The Morgan fingerprint density at radius 1 is 1.19 bits per heavy atom. The summed E-state index contributed by atoms with van der Waals surface area (Å²) in [4.78, 5) is 12.5. The number of H-pyrrole nitrogens is 1. The average Bonchev–Trinajstić information content (AvgIpc) is 3.46. The highest BCUT2D eigenvalue weighted by atomic mass is 16.4. The molecule has 3 aromatic rings. The summed E-state index contributed by atoms with van der Waals surface area (Å²) in [6.07, 6.45) is 5.29. The van der Waals surface area contributed by atoms with Crippen molar-refractivity contribution >= 4 is 11.7 Å². The van der Waals surface area contributed by atoms with Crippen molar-refractivity contribution in [3.63, 3.8) is 0 Å². The third kappa shape index (κ3) is 3.03. The minimum Gasteiger partial charge on any atom is -0.421 e. The normalized spacial score (nSPS) is 23.7. The highest BCUT2D eigenvalue weighted by Crippen LogP contribution is 2.52. The highest BCUT2D eigenvalue weighted by Gasteiger charge is 2.40. The molecule has 0 radical (unpaired) electrons. The largest absolute Gasteiger partial charge is 0.421 e. The van der Waals surface area contributed by atoms with Crippen LogP contribution in [0.4, 0.5) is 5.82 Å². The van der Waals surface area contributed by atoms with Gasteiger partial charge in [0.1, 0.15) is 0 Å². The monoisotopic (exact) mass is 363 g/mol. The number of hydrogen-bond acceptors (Lipinski definition) is 5. The SMILES string of the molecule is Cc1nnc(-c2ccc(C(=O)Nc3cc(C4CC5CCC4C5)[nH]n3)cc2)o1. The van der Waals surface area contributed by atoms with Gasteiger partial charge in [0, 0.05) is 35.7 Å². The molecule has 2 bridgehead atoms. The molecule has 2 aliphatic rings. The molecule has 27 heavy (non-hydrogen) atoms. The quantitative estimate of drug-likeness (QED) is 0.732. The van der Waals surface area contributed by atoms with Crippen LogP contribution in [0.3, 0.4) is 0 Å². The first-order chi connectivity index (χ1) is 13.2. The number of aromatic amines is 1. The molecule has 0 aliphatic heterocycles. The molecule has 1 amide bonds. The van der Waals surface area contributed by atoms with E-state index in [1.807, 2.05) is 6.07 Å². The van der Waals surface area contributed by atoms with E-state index in [4.69, 9.17) is 4.42 Å². The van der Waals surface area contributed by atoms with Crippen LogP contribution in [-0.4, -0.2) is 26.3 Å². The number of fused-ring (bicyclic) bond motifs is 2. The zero-order chi connectivity index (χ0) is 18.4. The van der Waals surface area contributed by atoms with Crippen molar-refractivity contribution in [2.24, 2.45) is 11.8 Å². The van der Waals surface area contributed by atoms with Gasteiger partial charge in [-0.05, 0) is 55.4 Å². The lowest BCUT2D eigenvalue weighted by molar-refractivity contribution is 0.102. The van der Waals surface area contributed by atoms with Gasteiger partial charge in [0.15, 0.2) is 5.82 Å². The molecule has 2 aliphatic carbocycles. The zero-order valence-electron chi connectivity index (χ0n) is 15.1. The van der Waals surface area contributed by atoms with E-state index in [0.717, 1.165) is 23.1 Å². The Kier molecular flexibility index (Phi) is 3.81. The molecule has 0 saturated heterocycles. The van der Waals surface area contributed by atoms with Gasteiger partial charge in [0.25, 0.3) is 5.91 Å². The number of nitrogens with one attached hydrogen (secondary N) is 2. The van der Waals surface area contributed by atoms with E-state index >= 15 is 0 Å². The Morgan fingerprint density at radius 2 is 2.04 bits per heavy atom. The van der Waals surface area contributed by atoms with Crippen LogP contribution in [0.15, 0.2) is 34.7 Å². The highest BCUT2D eigenvalue weighted by molar-refractivity contribution is 6.03. The van der Waals surface area contributed by atoms with Gasteiger partial charge >= 0.3 is 0 Å². The van der Waals surface area contributed by atoms with Crippen LogP contribution in [0.2, 0.25) is 0 Å². The molecule has 138 valence electrons. The van der Waals surface area contributed by atoms with E-state index in [1.165, 1.54) is 25.7 Å². The van der Waals surface area contributed by atoms with Gasteiger partial charge in [0.2, 0.25) is 11.8 Å². The number of rotatable bonds is 4. The van der Waals surface area contributed by atoms with Gasteiger partial charge in [-0.15, -0.1) is 10.2 Å². The number of benzene rings is 1. The van der Waals surface area contributed by atoms with Crippen LogP contribution in [0.25, 0.3) is 11.5 Å². The average molecular weight is 363 g/mol. The second kappa shape index (κ2) is 6.33. The van der Waals surface area contributed by atoms with E-state index < -0.39 is 0 Å². The van der Waals surface area contributed by atoms with E-state index in [0.29, 0.717) is 29.1 Å². The molecule has 2 N–H and O–H groups in total. The summed E-state index contributed by atoms with van der Waals surface area (Å²) in [5, 5.41) is 18.1. The van der Waals surface area contributed by atoms with Gasteiger partial charge in [-0.2, -0.15) is 5.10 Å². The third-order valence-corrected chi connectivity index (χ3v) is 5.90. The lowest BCUT2D eigenvalue weighted by atomic mass is 9.86. The Morgan fingerprint density at radius 3 is 2.70 bits per heavy atom. The summed E-state index contributed by atoms with van der Waals surface area (Å²) in [6, 6.07) is 9.07. The van der Waals surface area contributed by atoms with Crippen molar-refractivity contribution in [3.05, 3.63) is 47.5 Å². The molecule has 2 aromatic heterocycles. The van der Waals surface area contributed by atoms with Crippen LogP contribution in [0, 0.1) is 18.8 Å². The Balaban J connectivity index is 1.27. The molecule has 3 atom stereocenters. The van der Waals surface area contributed by atoms with Crippen LogP contribution in [0.5, 0.6) is 0 Å². The van der Waals surface area contributed by atoms with E-state index in [2.05, 4.69) is 25.7 Å². The van der Waals surface area contributed by atoms with Gasteiger partial charge in [-0.1, -0.05) is 6.42 Å². The summed E-state index contributed by atoms with van der Waals surface area (Å²) in [5.41, 5.74) is 2.49. The number of hydrogen-bond donors (Lipinski definition) is 2. The van der Waals surface area contributed by atoms with Crippen LogP contribution < -0.4 is 5.32 Å². The third-order valence-electron chi connectivity index (χ3n) is 5.90. The molecule has 7 nitrogen and oxygen atoms in total. The Hall–Kier alpha value is -2.96. The van der Waals surface area contributed by atoms with Crippen molar-refractivity contribution < 1.29 is 9.21 Å².